The van der Waals surface area contributed by atoms with Crippen LogP contribution in [0.3, 0.4) is 0 Å². The molecule has 1 fully saturated rings. The van der Waals surface area contributed by atoms with Crippen molar-refractivity contribution in [2.24, 2.45) is 7.05 Å². The summed E-state index contributed by atoms with van der Waals surface area (Å²) in [7, 11) is 2.02. The number of urea groups is 1. The van der Waals surface area contributed by atoms with Gasteiger partial charge in [0.2, 0.25) is 0 Å². The Labute approximate surface area is 141 Å². The molecule has 2 amide bonds. The SMILES string of the molecule is CC(C)c1ccc(NC(=O)N2CCSC2c2cccn2C)cc1. The third-order valence-corrected chi connectivity index (χ3v) is 5.45. The van der Waals surface area contributed by atoms with E-state index in [0.29, 0.717) is 5.92 Å². The molecule has 1 unspecified atom stereocenters. The Morgan fingerprint density at radius 3 is 2.61 bits per heavy atom. The molecule has 5 heteroatoms. The number of hydrogen-bond donors (Lipinski definition) is 1. The van der Waals surface area contributed by atoms with E-state index in [2.05, 4.69) is 41.9 Å². The van der Waals surface area contributed by atoms with Gasteiger partial charge in [0.25, 0.3) is 0 Å². The Hall–Kier alpha value is -1.88. The molecule has 1 N–H and O–H groups in total. The highest BCUT2D eigenvalue weighted by Gasteiger charge is 2.32. The highest BCUT2D eigenvalue weighted by molar-refractivity contribution is 7.99. The van der Waals surface area contributed by atoms with Crippen molar-refractivity contribution in [1.29, 1.82) is 0 Å². The molecule has 1 aliphatic heterocycles. The summed E-state index contributed by atoms with van der Waals surface area (Å²) >= 11 is 1.81. The van der Waals surface area contributed by atoms with Crippen molar-refractivity contribution in [3.63, 3.8) is 0 Å². The van der Waals surface area contributed by atoms with Crippen LogP contribution in [0.2, 0.25) is 0 Å². The number of carbonyl (C=O) groups excluding carboxylic acids is 1. The third kappa shape index (κ3) is 3.39. The lowest BCUT2D eigenvalue weighted by atomic mass is 10.0. The fourth-order valence-corrected chi connectivity index (χ4v) is 4.12. The van der Waals surface area contributed by atoms with Gasteiger partial charge in [0.1, 0.15) is 5.37 Å². The smallest absolute Gasteiger partial charge is 0.323 e. The van der Waals surface area contributed by atoms with Crippen molar-refractivity contribution in [2.45, 2.75) is 25.1 Å². The Morgan fingerprint density at radius 2 is 2.00 bits per heavy atom. The molecule has 1 saturated heterocycles. The van der Waals surface area contributed by atoms with Crippen molar-refractivity contribution >= 4 is 23.5 Å². The largest absolute Gasteiger partial charge is 0.352 e. The van der Waals surface area contributed by atoms with Crippen molar-refractivity contribution < 1.29 is 4.79 Å². The van der Waals surface area contributed by atoms with Gasteiger partial charge in [-0.1, -0.05) is 26.0 Å². The van der Waals surface area contributed by atoms with Crippen molar-refractivity contribution in [1.82, 2.24) is 9.47 Å². The van der Waals surface area contributed by atoms with E-state index in [1.54, 1.807) is 0 Å². The lowest BCUT2D eigenvalue weighted by Crippen LogP contribution is -2.34. The molecule has 122 valence electrons. The maximum absolute atomic E-state index is 12.6. The van der Waals surface area contributed by atoms with Gasteiger partial charge < -0.3 is 14.8 Å². The number of nitrogens with zero attached hydrogens (tertiary/aromatic N) is 2. The first kappa shape index (κ1) is 16.0. The standard InChI is InChI=1S/C18H23N3OS/c1-13(2)14-6-8-15(9-7-14)19-18(22)21-11-12-23-17(21)16-5-4-10-20(16)3/h4-10,13,17H,11-12H2,1-3H3,(H,19,22). The van der Waals surface area contributed by atoms with Crippen LogP contribution in [0.5, 0.6) is 0 Å². The number of amides is 2. The van der Waals surface area contributed by atoms with Gasteiger partial charge in [0, 0.05) is 31.2 Å². The predicted molar refractivity (Wildman–Crippen MR) is 96.9 cm³/mol. The number of rotatable bonds is 3. The van der Waals surface area contributed by atoms with Gasteiger partial charge in [-0.25, -0.2) is 4.79 Å². The van der Waals surface area contributed by atoms with E-state index in [-0.39, 0.29) is 11.4 Å². The second-order valence-corrected chi connectivity index (χ2v) is 7.36. The Kier molecular flexibility index (Phi) is 4.66. The second kappa shape index (κ2) is 6.71. The molecule has 0 spiro atoms. The van der Waals surface area contributed by atoms with Crippen LogP contribution in [0.1, 0.15) is 36.4 Å². The molecular formula is C18H23N3OS. The van der Waals surface area contributed by atoms with Gasteiger partial charge in [-0.05, 0) is 35.7 Å². The first-order chi connectivity index (χ1) is 11.1. The van der Waals surface area contributed by atoms with Crippen molar-refractivity contribution in [3.8, 4) is 0 Å². The quantitative estimate of drug-likeness (QED) is 0.904. The lowest BCUT2D eigenvalue weighted by Gasteiger charge is -2.24. The number of anilines is 1. The minimum atomic E-state index is -0.0292. The van der Waals surface area contributed by atoms with Gasteiger partial charge in [0.05, 0.1) is 5.69 Å². The molecule has 0 radical (unpaired) electrons. The van der Waals surface area contributed by atoms with E-state index in [4.69, 9.17) is 0 Å². The maximum atomic E-state index is 12.6. The number of thioether (sulfide) groups is 1. The fraction of sp³-hybridized carbons (Fsp3) is 0.389. The highest BCUT2D eigenvalue weighted by atomic mass is 32.2. The van der Waals surface area contributed by atoms with Gasteiger partial charge >= 0.3 is 6.03 Å². The van der Waals surface area contributed by atoms with Crippen LogP contribution in [0.4, 0.5) is 10.5 Å². The van der Waals surface area contributed by atoms with Crippen LogP contribution in [0.25, 0.3) is 0 Å². The fourth-order valence-electron chi connectivity index (χ4n) is 2.80. The number of carbonyl (C=O) groups is 1. The molecule has 0 bridgehead atoms. The molecular weight excluding hydrogens is 306 g/mol. The molecule has 3 rings (SSSR count). The van der Waals surface area contributed by atoms with Crippen LogP contribution in [-0.2, 0) is 7.05 Å². The van der Waals surface area contributed by atoms with Crippen LogP contribution < -0.4 is 5.32 Å². The zero-order valence-electron chi connectivity index (χ0n) is 13.8. The van der Waals surface area contributed by atoms with Gasteiger partial charge in [-0.2, -0.15) is 0 Å². The molecule has 2 heterocycles. The second-order valence-electron chi connectivity index (χ2n) is 6.17. The number of nitrogens with one attached hydrogen (secondary N) is 1. The number of benzene rings is 1. The minimum absolute atomic E-state index is 0.0292. The van der Waals surface area contributed by atoms with Gasteiger partial charge in [-0.3, -0.25) is 0 Å². The topological polar surface area (TPSA) is 37.3 Å². The molecule has 1 aromatic carbocycles. The summed E-state index contributed by atoms with van der Waals surface area (Å²) in [5.74, 6) is 1.46. The molecule has 1 aromatic heterocycles. The Bertz CT molecular complexity index is 678. The normalized spacial score (nSPS) is 17.7. The molecule has 2 aromatic rings. The van der Waals surface area contributed by atoms with Crippen molar-refractivity contribution in [3.05, 3.63) is 53.9 Å². The van der Waals surface area contributed by atoms with Gasteiger partial charge in [-0.15, -0.1) is 11.8 Å². The number of aryl methyl sites for hydroxylation is 1. The maximum Gasteiger partial charge on any atom is 0.323 e. The summed E-state index contributed by atoms with van der Waals surface area (Å²) in [6.07, 6.45) is 2.02. The van der Waals surface area contributed by atoms with E-state index in [0.717, 1.165) is 23.7 Å². The molecule has 1 atom stereocenters. The summed E-state index contributed by atoms with van der Waals surface area (Å²) in [5, 5.41) is 3.11. The average molecular weight is 329 g/mol. The van der Waals surface area contributed by atoms with E-state index in [9.17, 15) is 4.79 Å². The van der Waals surface area contributed by atoms with E-state index < -0.39 is 0 Å². The van der Waals surface area contributed by atoms with Crippen LogP contribution in [0.15, 0.2) is 42.6 Å². The Balaban J connectivity index is 1.71. The zero-order valence-corrected chi connectivity index (χ0v) is 14.6. The summed E-state index contributed by atoms with van der Waals surface area (Å²) in [6, 6.07) is 12.2. The summed E-state index contributed by atoms with van der Waals surface area (Å²) in [6.45, 7) is 5.11. The minimum Gasteiger partial charge on any atom is -0.352 e. The molecule has 0 aliphatic carbocycles. The first-order valence-corrected chi connectivity index (χ1v) is 9.01. The van der Waals surface area contributed by atoms with Crippen LogP contribution >= 0.6 is 11.8 Å². The molecule has 23 heavy (non-hydrogen) atoms. The van der Waals surface area contributed by atoms with Crippen molar-refractivity contribution in [2.75, 3.05) is 17.6 Å². The lowest BCUT2D eigenvalue weighted by molar-refractivity contribution is 0.213. The van der Waals surface area contributed by atoms with Crippen LogP contribution in [0, 0.1) is 0 Å². The predicted octanol–water partition coefficient (Wildman–Crippen LogP) is 4.43. The summed E-state index contributed by atoms with van der Waals surface area (Å²) in [5.41, 5.74) is 3.29. The highest BCUT2D eigenvalue weighted by Crippen LogP contribution is 2.38. The van der Waals surface area contributed by atoms with E-state index in [1.807, 2.05) is 48.1 Å². The number of hydrogen-bond acceptors (Lipinski definition) is 2. The van der Waals surface area contributed by atoms with E-state index >= 15 is 0 Å². The number of aromatic nitrogens is 1. The zero-order chi connectivity index (χ0) is 16.4. The van der Waals surface area contributed by atoms with Crippen LogP contribution in [-0.4, -0.2) is 27.8 Å². The average Bonchev–Trinajstić information content (AvgIpc) is 3.15. The molecule has 1 aliphatic rings. The monoisotopic (exact) mass is 329 g/mol. The Morgan fingerprint density at radius 1 is 1.26 bits per heavy atom. The molecule has 4 nitrogen and oxygen atoms in total. The molecule has 0 saturated carbocycles. The first-order valence-electron chi connectivity index (χ1n) is 7.96. The van der Waals surface area contributed by atoms with E-state index in [1.165, 1.54) is 5.56 Å². The summed E-state index contributed by atoms with van der Waals surface area (Å²) in [4.78, 5) is 14.6. The summed E-state index contributed by atoms with van der Waals surface area (Å²) < 4.78 is 2.08. The van der Waals surface area contributed by atoms with Gasteiger partial charge in [0.15, 0.2) is 0 Å². The third-order valence-electron chi connectivity index (χ3n) is 4.22.